The number of nitrogens with zero attached hydrogens (tertiary/aromatic N) is 4. The van der Waals surface area contributed by atoms with Gasteiger partial charge in [-0.2, -0.15) is 0 Å². The summed E-state index contributed by atoms with van der Waals surface area (Å²) >= 11 is 0. The number of amides is 3. The molecule has 0 aliphatic carbocycles. The maximum Gasteiger partial charge on any atom is 0.248 e. The van der Waals surface area contributed by atoms with Gasteiger partial charge in [-0.3, -0.25) is 19.3 Å². The summed E-state index contributed by atoms with van der Waals surface area (Å²) in [6.07, 6.45) is 7.20. The SMILES string of the molecule is C=CCN(CCN1CCOCC1)C(=O)C1N(CCCCCO)C(=O)[C@@H]2[C@H](C(=O)N(CC=C)CCC)[C@@H]3CCC12O3. The first-order chi connectivity index (χ1) is 19.4. The molecular weight excluding hydrogens is 512 g/mol. The molecule has 4 fully saturated rings. The number of unbranched alkanes of at least 4 members (excludes halogenated alkanes) is 2. The van der Waals surface area contributed by atoms with Gasteiger partial charge in [-0.1, -0.05) is 19.1 Å². The Balaban J connectivity index is 1.62. The van der Waals surface area contributed by atoms with Gasteiger partial charge in [-0.25, -0.2) is 0 Å². The molecule has 1 N–H and O–H groups in total. The Hall–Kier alpha value is -2.27. The number of rotatable bonds is 16. The van der Waals surface area contributed by atoms with Gasteiger partial charge >= 0.3 is 0 Å². The van der Waals surface area contributed by atoms with Crippen LogP contribution in [0.2, 0.25) is 0 Å². The topological polar surface area (TPSA) is 103 Å². The van der Waals surface area contributed by atoms with Crippen molar-refractivity contribution in [3.05, 3.63) is 25.3 Å². The van der Waals surface area contributed by atoms with Crippen LogP contribution in [0.5, 0.6) is 0 Å². The van der Waals surface area contributed by atoms with Gasteiger partial charge in [0, 0.05) is 59.0 Å². The molecule has 0 aromatic heterocycles. The van der Waals surface area contributed by atoms with Gasteiger partial charge in [0.2, 0.25) is 17.7 Å². The maximum absolute atomic E-state index is 14.4. The minimum absolute atomic E-state index is 0.0738. The van der Waals surface area contributed by atoms with Gasteiger partial charge in [-0.05, 0) is 38.5 Å². The van der Waals surface area contributed by atoms with E-state index in [1.165, 1.54) is 0 Å². The largest absolute Gasteiger partial charge is 0.396 e. The third kappa shape index (κ3) is 6.00. The van der Waals surface area contributed by atoms with Crippen LogP contribution in [-0.2, 0) is 23.9 Å². The van der Waals surface area contributed by atoms with Crippen LogP contribution < -0.4 is 0 Å². The lowest BCUT2D eigenvalue weighted by Crippen LogP contribution is -2.57. The van der Waals surface area contributed by atoms with Crippen LogP contribution >= 0.6 is 0 Å². The molecule has 1 spiro atoms. The molecule has 4 rings (SSSR count). The molecule has 10 nitrogen and oxygen atoms in total. The Morgan fingerprint density at radius 3 is 2.40 bits per heavy atom. The Morgan fingerprint density at radius 2 is 1.75 bits per heavy atom. The average molecular weight is 561 g/mol. The molecule has 0 aromatic rings. The molecule has 2 bridgehead atoms. The molecule has 5 atom stereocenters. The standard InChI is InChI=1S/C30H48N4O6/c1-4-12-32(13-5-2)27(36)24-23-10-11-30(40-23)25(24)28(37)34(15-8-7-9-20-35)26(30)29(38)33(14-6-3)17-16-31-18-21-39-22-19-31/h4,6,23-26,35H,1,3,5,7-22H2,2H3/t23-,24+,25-,26?,30?/m0/s1. The van der Waals surface area contributed by atoms with Crippen molar-refractivity contribution in [3.63, 3.8) is 0 Å². The van der Waals surface area contributed by atoms with E-state index in [4.69, 9.17) is 9.47 Å². The minimum Gasteiger partial charge on any atom is -0.396 e. The number of aliphatic hydroxyl groups is 1. The lowest BCUT2D eigenvalue weighted by atomic mass is 9.70. The molecule has 0 aromatic carbocycles. The zero-order chi connectivity index (χ0) is 28.7. The second-order valence-electron chi connectivity index (χ2n) is 11.5. The minimum atomic E-state index is -0.999. The first-order valence-electron chi connectivity index (χ1n) is 15.1. The number of fused-ring (bicyclic) bond motifs is 1. The number of likely N-dealkylation sites (tertiary alicyclic amines) is 1. The molecule has 2 unspecified atom stereocenters. The highest BCUT2D eigenvalue weighted by atomic mass is 16.5. The number of carbonyl (C=O) groups excluding carboxylic acids is 3. The van der Waals surface area contributed by atoms with E-state index in [2.05, 4.69) is 18.1 Å². The second kappa shape index (κ2) is 14.1. The van der Waals surface area contributed by atoms with E-state index in [0.29, 0.717) is 78.2 Å². The molecule has 4 heterocycles. The smallest absolute Gasteiger partial charge is 0.248 e. The number of aliphatic hydroxyl groups excluding tert-OH is 1. The fourth-order valence-electron chi connectivity index (χ4n) is 7.16. The highest BCUT2D eigenvalue weighted by Crippen LogP contribution is 2.59. The molecule has 40 heavy (non-hydrogen) atoms. The number of morpholine rings is 1. The average Bonchev–Trinajstić information content (AvgIpc) is 3.60. The van der Waals surface area contributed by atoms with Gasteiger partial charge in [0.15, 0.2) is 0 Å². The van der Waals surface area contributed by atoms with Crippen LogP contribution in [0, 0.1) is 11.8 Å². The Morgan fingerprint density at radius 1 is 1.05 bits per heavy atom. The van der Waals surface area contributed by atoms with Crippen LogP contribution in [0.25, 0.3) is 0 Å². The van der Waals surface area contributed by atoms with Crippen LogP contribution in [0.15, 0.2) is 25.3 Å². The quantitative estimate of drug-likeness (QED) is 0.224. The van der Waals surface area contributed by atoms with Gasteiger partial charge in [0.1, 0.15) is 11.6 Å². The van der Waals surface area contributed by atoms with E-state index in [-0.39, 0.29) is 30.4 Å². The third-order valence-corrected chi connectivity index (χ3v) is 8.98. The van der Waals surface area contributed by atoms with Gasteiger partial charge in [-0.15, -0.1) is 13.2 Å². The number of ether oxygens (including phenoxy) is 2. The lowest BCUT2D eigenvalue weighted by Gasteiger charge is -2.37. The number of hydrogen-bond acceptors (Lipinski definition) is 7. The van der Waals surface area contributed by atoms with Crippen molar-refractivity contribution in [3.8, 4) is 0 Å². The van der Waals surface area contributed by atoms with E-state index in [1.54, 1.807) is 26.9 Å². The van der Waals surface area contributed by atoms with Gasteiger partial charge in [0.25, 0.3) is 0 Å². The summed E-state index contributed by atoms with van der Waals surface area (Å²) in [5, 5.41) is 9.27. The molecule has 10 heteroatoms. The molecule has 4 saturated heterocycles. The van der Waals surface area contributed by atoms with Gasteiger partial charge < -0.3 is 29.3 Å². The summed E-state index contributed by atoms with van der Waals surface area (Å²) in [6, 6.07) is -0.773. The molecular formula is C30H48N4O6. The van der Waals surface area contributed by atoms with Crippen LogP contribution in [-0.4, -0.2) is 132 Å². The van der Waals surface area contributed by atoms with Crippen LogP contribution in [0.3, 0.4) is 0 Å². The molecule has 4 aliphatic heterocycles. The van der Waals surface area contributed by atoms with E-state index >= 15 is 0 Å². The van der Waals surface area contributed by atoms with Crippen molar-refractivity contribution in [2.24, 2.45) is 11.8 Å². The molecule has 0 radical (unpaired) electrons. The molecule has 3 amide bonds. The van der Waals surface area contributed by atoms with Crippen molar-refractivity contribution in [1.82, 2.24) is 19.6 Å². The zero-order valence-corrected chi connectivity index (χ0v) is 24.2. The van der Waals surface area contributed by atoms with E-state index in [1.807, 2.05) is 6.92 Å². The lowest BCUT2D eigenvalue weighted by molar-refractivity contribution is -0.149. The summed E-state index contributed by atoms with van der Waals surface area (Å²) in [4.78, 5) is 50.0. The number of carbonyl (C=O) groups is 3. The Bertz CT molecular complexity index is 924. The van der Waals surface area contributed by atoms with E-state index in [9.17, 15) is 19.5 Å². The maximum atomic E-state index is 14.4. The summed E-state index contributed by atoms with van der Waals surface area (Å²) < 4.78 is 12.1. The van der Waals surface area contributed by atoms with E-state index < -0.39 is 23.5 Å². The predicted octanol–water partition coefficient (Wildman–Crippen LogP) is 1.30. The van der Waals surface area contributed by atoms with E-state index in [0.717, 1.165) is 25.9 Å². The zero-order valence-electron chi connectivity index (χ0n) is 24.2. The van der Waals surface area contributed by atoms with Crippen molar-refractivity contribution < 1.29 is 29.0 Å². The molecule has 0 saturated carbocycles. The van der Waals surface area contributed by atoms with Crippen LogP contribution in [0.1, 0.15) is 45.4 Å². The Labute approximate surface area is 238 Å². The first kappa shape index (κ1) is 30.7. The first-order valence-corrected chi connectivity index (χ1v) is 15.1. The Kier molecular flexibility index (Phi) is 10.8. The summed E-state index contributed by atoms with van der Waals surface area (Å²) in [5.74, 6) is -1.61. The second-order valence-corrected chi connectivity index (χ2v) is 11.5. The van der Waals surface area contributed by atoms with Crippen molar-refractivity contribution in [2.45, 2.75) is 63.2 Å². The highest BCUT2D eigenvalue weighted by Gasteiger charge is 2.74. The van der Waals surface area contributed by atoms with Crippen molar-refractivity contribution >= 4 is 17.7 Å². The summed E-state index contributed by atoms with van der Waals surface area (Å²) in [6.45, 7) is 15.9. The molecule has 224 valence electrons. The monoisotopic (exact) mass is 560 g/mol. The summed E-state index contributed by atoms with van der Waals surface area (Å²) in [7, 11) is 0. The predicted molar refractivity (Wildman–Crippen MR) is 151 cm³/mol. The van der Waals surface area contributed by atoms with Crippen molar-refractivity contribution in [2.75, 3.05) is 72.2 Å². The molecule has 4 aliphatic rings. The normalized spacial score (nSPS) is 29.4. The fourth-order valence-corrected chi connectivity index (χ4v) is 7.16. The number of hydrogen-bond donors (Lipinski definition) is 1. The summed E-state index contributed by atoms with van der Waals surface area (Å²) in [5.41, 5.74) is -0.999. The van der Waals surface area contributed by atoms with Gasteiger partial charge in [0.05, 0.1) is 31.2 Å². The van der Waals surface area contributed by atoms with Crippen LogP contribution in [0.4, 0.5) is 0 Å². The fraction of sp³-hybridized carbons (Fsp3) is 0.767. The van der Waals surface area contributed by atoms with Crippen molar-refractivity contribution in [1.29, 1.82) is 0 Å². The highest BCUT2D eigenvalue weighted by molar-refractivity contribution is 5.99. The third-order valence-electron chi connectivity index (χ3n) is 8.98.